The van der Waals surface area contributed by atoms with E-state index in [1.165, 1.54) is 0 Å². The van der Waals surface area contributed by atoms with Crippen LogP contribution in [0, 0.1) is 0 Å². The van der Waals surface area contributed by atoms with Gasteiger partial charge in [0.25, 0.3) is 7.82 Å². The highest BCUT2D eigenvalue weighted by Crippen LogP contribution is 2.34. The summed E-state index contributed by atoms with van der Waals surface area (Å²) in [6.45, 7) is 1.86. The van der Waals surface area contributed by atoms with Crippen LogP contribution in [0.1, 0.15) is 6.42 Å². The Balaban J connectivity index is 0.000000662. The van der Waals surface area contributed by atoms with Gasteiger partial charge in [-0.15, -0.1) is 0 Å². The summed E-state index contributed by atoms with van der Waals surface area (Å²) in [5, 5.41) is 17.9. The molecular formula is C11H26NO8P. The van der Waals surface area contributed by atoms with Gasteiger partial charge >= 0.3 is 0 Å². The minimum absolute atomic E-state index is 0.0567. The predicted molar refractivity (Wildman–Crippen MR) is 72.1 cm³/mol. The molecular weight excluding hydrogens is 305 g/mol. The standard InChI is InChI=1S/C8H20NO6P.C3H6O2/c1-9(2,3)5-8(4-7(11)6-10)15-16(12,13)14;1-2-5-3-4-1/h7-8,10-11H,4-6H2,1-3H3,(H-,12,13,14);1-3H2. The van der Waals surface area contributed by atoms with E-state index in [1.54, 1.807) is 0 Å². The molecule has 21 heavy (non-hydrogen) atoms. The maximum Gasteiger partial charge on any atom is 0.265 e. The fourth-order valence-corrected chi connectivity index (χ4v) is 2.15. The Kier molecular flexibility index (Phi) is 9.79. The Morgan fingerprint density at radius 1 is 1.33 bits per heavy atom. The van der Waals surface area contributed by atoms with E-state index in [1.807, 2.05) is 21.1 Å². The van der Waals surface area contributed by atoms with Crippen LogP contribution in [-0.4, -0.2) is 86.1 Å². The zero-order chi connectivity index (χ0) is 16.5. The van der Waals surface area contributed by atoms with Crippen molar-refractivity contribution in [3.05, 3.63) is 0 Å². The summed E-state index contributed by atoms with van der Waals surface area (Å²) in [7, 11) is 0.615. The fraction of sp³-hybridized carbons (Fsp3) is 1.00. The molecule has 0 aromatic heterocycles. The Morgan fingerprint density at radius 2 is 1.86 bits per heavy atom. The highest BCUT2D eigenvalue weighted by molar-refractivity contribution is 7.44. The number of aliphatic hydroxyl groups excluding tert-OH is 2. The third-order valence-corrected chi connectivity index (χ3v) is 2.88. The molecule has 1 heterocycles. The van der Waals surface area contributed by atoms with Crippen molar-refractivity contribution in [1.82, 2.24) is 0 Å². The monoisotopic (exact) mass is 331 g/mol. The Hall–Kier alpha value is -0.0900. The zero-order valence-corrected chi connectivity index (χ0v) is 13.6. The molecule has 0 saturated carbocycles. The molecule has 0 bridgehead atoms. The second-order valence-electron chi connectivity index (χ2n) is 5.68. The van der Waals surface area contributed by atoms with Crippen LogP contribution in [0.25, 0.3) is 0 Å². The van der Waals surface area contributed by atoms with Gasteiger partial charge < -0.3 is 38.5 Å². The number of quaternary nitrogens is 1. The Labute approximate surface area is 124 Å². The van der Waals surface area contributed by atoms with E-state index in [-0.39, 0.29) is 13.0 Å². The molecule has 0 aliphatic carbocycles. The second-order valence-corrected chi connectivity index (χ2v) is 6.82. The van der Waals surface area contributed by atoms with Gasteiger partial charge in [0.05, 0.1) is 47.1 Å². The third-order valence-electron chi connectivity index (χ3n) is 2.32. The predicted octanol–water partition coefficient (Wildman–Crippen LogP) is -1.73. The summed E-state index contributed by atoms with van der Waals surface area (Å²) < 4.78 is 24.9. The van der Waals surface area contributed by atoms with Gasteiger partial charge in [-0.2, -0.15) is 0 Å². The molecule has 1 rings (SSSR count). The summed E-state index contributed by atoms with van der Waals surface area (Å²) in [5.74, 6) is 0. The fourth-order valence-electron chi connectivity index (χ4n) is 1.62. The molecule has 1 aliphatic rings. The number of phosphoric acid groups is 1. The summed E-state index contributed by atoms with van der Waals surface area (Å²) in [6.07, 6.45) is -1.99. The summed E-state index contributed by atoms with van der Waals surface area (Å²) >= 11 is 0. The van der Waals surface area contributed by atoms with E-state index in [0.29, 0.717) is 11.3 Å². The van der Waals surface area contributed by atoms with Crippen molar-refractivity contribution < 1.29 is 43.0 Å². The minimum Gasteiger partial charge on any atom is -0.756 e. The molecule has 0 amide bonds. The van der Waals surface area contributed by atoms with E-state index in [0.717, 1.165) is 13.2 Å². The Morgan fingerprint density at radius 3 is 2.14 bits per heavy atom. The number of ether oxygens (including phenoxy) is 2. The number of aliphatic hydroxyl groups is 2. The van der Waals surface area contributed by atoms with E-state index in [9.17, 15) is 14.6 Å². The van der Waals surface area contributed by atoms with Crippen LogP contribution < -0.4 is 4.89 Å². The SMILES string of the molecule is C1COCO1.C[N+](C)(C)CC(CC(O)CO)OP(=O)([O-])O. The van der Waals surface area contributed by atoms with Crippen molar-refractivity contribution in [2.24, 2.45) is 0 Å². The first kappa shape index (κ1) is 20.9. The lowest BCUT2D eigenvalue weighted by molar-refractivity contribution is -0.873. The molecule has 9 nitrogen and oxygen atoms in total. The van der Waals surface area contributed by atoms with Crippen molar-refractivity contribution >= 4 is 7.82 Å². The average Bonchev–Trinajstić information content (AvgIpc) is 2.82. The minimum atomic E-state index is -4.83. The quantitative estimate of drug-likeness (QED) is 0.371. The first-order chi connectivity index (χ1) is 9.53. The molecule has 0 aromatic carbocycles. The van der Waals surface area contributed by atoms with Gasteiger partial charge in [0, 0.05) is 6.42 Å². The first-order valence-electron chi connectivity index (χ1n) is 6.50. The van der Waals surface area contributed by atoms with Crippen molar-refractivity contribution in [1.29, 1.82) is 0 Å². The zero-order valence-electron chi connectivity index (χ0n) is 12.7. The van der Waals surface area contributed by atoms with Gasteiger partial charge in [0.15, 0.2) is 0 Å². The number of phosphoric ester groups is 1. The van der Waals surface area contributed by atoms with Crippen molar-refractivity contribution in [2.45, 2.75) is 18.6 Å². The van der Waals surface area contributed by atoms with E-state index in [2.05, 4.69) is 4.52 Å². The number of likely N-dealkylation sites (N-methyl/N-ethyl adjacent to an activating group) is 1. The van der Waals surface area contributed by atoms with Crippen LogP contribution in [-0.2, 0) is 18.6 Å². The number of hydrogen-bond donors (Lipinski definition) is 3. The molecule has 1 fully saturated rings. The smallest absolute Gasteiger partial charge is 0.265 e. The van der Waals surface area contributed by atoms with E-state index in [4.69, 9.17) is 19.5 Å². The van der Waals surface area contributed by atoms with Crippen LogP contribution in [0.2, 0.25) is 0 Å². The number of rotatable bonds is 7. The molecule has 1 saturated heterocycles. The molecule has 0 spiro atoms. The van der Waals surface area contributed by atoms with Gasteiger partial charge in [-0.1, -0.05) is 0 Å². The lowest BCUT2D eigenvalue weighted by Crippen LogP contribution is -2.43. The van der Waals surface area contributed by atoms with Gasteiger partial charge in [-0.05, 0) is 0 Å². The average molecular weight is 331 g/mol. The molecule has 1 aliphatic heterocycles. The molecule has 10 heteroatoms. The highest BCUT2D eigenvalue weighted by atomic mass is 31.2. The topological polar surface area (TPSA) is 129 Å². The van der Waals surface area contributed by atoms with Gasteiger partial charge in [0.1, 0.15) is 19.4 Å². The summed E-state index contributed by atoms with van der Waals surface area (Å²) in [5.41, 5.74) is 0. The maximum absolute atomic E-state index is 10.6. The van der Waals surface area contributed by atoms with Crippen molar-refractivity contribution in [2.75, 3.05) is 54.3 Å². The molecule has 3 unspecified atom stereocenters. The van der Waals surface area contributed by atoms with Gasteiger partial charge in [0.2, 0.25) is 0 Å². The lowest BCUT2D eigenvalue weighted by atomic mass is 10.1. The third kappa shape index (κ3) is 14.6. The van der Waals surface area contributed by atoms with Gasteiger partial charge in [-0.3, -0.25) is 4.57 Å². The van der Waals surface area contributed by atoms with Crippen molar-refractivity contribution in [3.63, 3.8) is 0 Å². The molecule has 128 valence electrons. The first-order valence-corrected chi connectivity index (χ1v) is 8.00. The molecule has 0 aromatic rings. The van der Waals surface area contributed by atoms with Crippen LogP contribution in [0.5, 0.6) is 0 Å². The van der Waals surface area contributed by atoms with E-state index < -0.39 is 26.6 Å². The number of hydrogen-bond acceptors (Lipinski definition) is 7. The number of nitrogens with zero attached hydrogens (tertiary/aromatic N) is 1. The van der Waals surface area contributed by atoms with Crippen molar-refractivity contribution in [3.8, 4) is 0 Å². The largest absolute Gasteiger partial charge is 0.756 e. The normalized spacial score (nSPS) is 21.1. The lowest BCUT2D eigenvalue weighted by Gasteiger charge is -2.32. The van der Waals surface area contributed by atoms with Crippen LogP contribution in [0.3, 0.4) is 0 Å². The molecule has 0 radical (unpaired) electrons. The van der Waals surface area contributed by atoms with Gasteiger partial charge in [-0.25, -0.2) is 0 Å². The Bertz CT molecular complexity index is 304. The molecule has 3 atom stereocenters. The summed E-state index contributed by atoms with van der Waals surface area (Å²) in [6, 6.07) is 0. The second kappa shape index (κ2) is 9.83. The molecule has 3 N–H and O–H groups in total. The van der Waals surface area contributed by atoms with Crippen LogP contribution in [0.15, 0.2) is 0 Å². The summed E-state index contributed by atoms with van der Waals surface area (Å²) in [4.78, 5) is 19.2. The van der Waals surface area contributed by atoms with Crippen LogP contribution in [0.4, 0.5) is 0 Å². The highest BCUT2D eigenvalue weighted by Gasteiger charge is 2.25. The van der Waals surface area contributed by atoms with Crippen LogP contribution >= 0.6 is 7.82 Å². The maximum atomic E-state index is 10.6. The van der Waals surface area contributed by atoms with E-state index >= 15 is 0 Å².